The van der Waals surface area contributed by atoms with Crippen molar-refractivity contribution < 1.29 is 9.53 Å². The van der Waals surface area contributed by atoms with Crippen molar-refractivity contribution >= 4 is 11.6 Å². The van der Waals surface area contributed by atoms with Crippen LogP contribution in [0.3, 0.4) is 0 Å². The second-order valence-electron chi connectivity index (χ2n) is 5.53. The van der Waals surface area contributed by atoms with E-state index in [4.69, 9.17) is 4.74 Å². The normalized spacial score (nSPS) is 18.0. The van der Waals surface area contributed by atoms with E-state index in [0.717, 1.165) is 13.0 Å². The second-order valence-corrected chi connectivity index (χ2v) is 5.53. The van der Waals surface area contributed by atoms with E-state index in [1.807, 2.05) is 13.0 Å². The summed E-state index contributed by atoms with van der Waals surface area (Å²) in [4.78, 5) is 26.4. The van der Waals surface area contributed by atoms with Gasteiger partial charge in [-0.1, -0.05) is 6.07 Å². The van der Waals surface area contributed by atoms with Gasteiger partial charge in [0.05, 0.1) is 6.61 Å². The number of fused-ring (bicyclic) bond motifs is 1. The van der Waals surface area contributed by atoms with E-state index < -0.39 is 0 Å². The van der Waals surface area contributed by atoms with Gasteiger partial charge < -0.3 is 9.64 Å². The predicted molar refractivity (Wildman–Crippen MR) is 80.6 cm³/mol. The van der Waals surface area contributed by atoms with Gasteiger partial charge in [-0.3, -0.25) is 9.20 Å². The van der Waals surface area contributed by atoms with Crippen molar-refractivity contribution in [3.8, 4) is 0 Å². The second kappa shape index (κ2) is 6.31. The lowest BCUT2D eigenvalue weighted by Crippen LogP contribution is -2.39. The maximum atomic E-state index is 12.4. The van der Waals surface area contributed by atoms with E-state index in [1.54, 1.807) is 23.2 Å². The first-order valence-electron chi connectivity index (χ1n) is 7.58. The molecule has 0 bridgehead atoms. The van der Waals surface area contributed by atoms with Crippen LogP contribution < -0.4 is 5.69 Å². The molecule has 0 unspecified atom stereocenters. The van der Waals surface area contributed by atoms with Crippen molar-refractivity contribution in [2.45, 2.75) is 19.9 Å². The molecule has 118 valence electrons. The Kier molecular flexibility index (Phi) is 4.24. The molecular weight excluding hydrogens is 284 g/mol. The first-order chi connectivity index (χ1) is 10.7. The molecule has 2 aromatic heterocycles. The largest absolute Gasteiger partial charge is 0.381 e. The van der Waals surface area contributed by atoms with Crippen LogP contribution in [0.2, 0.25) is 0 Å². The highest BCUT2D eigenvalue weighted by atomic mass is 16.5. The first kappa shape index (κ1) is 14.8. The molecule has 1 aliphatic heterocycles. The summed E-state index contributed by atoms with van der Waals surface area (Å²) in [6, 6.07) is 5.32. The van der Waals surface area contributed by atoms with Crippen molar-refractivity contribution in [1.29, 1.82) is 0 Å². The molecule has 1 saturated heterocycles. The summed E-state index contributed by atoms with van der Waals surface area (Å²) in [7, 11) is 0. The van der Waals surface area contributed by atoms with E-state index in [0.29, 0.717) is 31.3 Å². The zero-order valence-corrected chi connectivity index (χ0v) is 12.6. The number of rotatable bonds is 5. The quantitative estimate of drug-likeness (QED) is 0.801. The van der Waals surface area contributed by atoms with Crippen LogP contribution in [0.4, 0.5) is 0 Å². The molecule has 22 heavy (non-hydrogen) atoms. The first-order valence-corrected chi connectivity index (χ1v) is 7.58. The molecule has 0 aliphatic carbocycles. The Bertz CT molecular complexity index is 715. The van der Waals surface area contributed by atoms with E-state index in [2.05, 4.69) is 5.10 Å². The highest BCUT2D eigenvalue weighted by Crippen LogP contribution is 2.14. The van der Waals surface area contributed by atoms with Gasteiger partial charge in [0.1, 0.15) is 6.54 Å². The summed E-state index contributed by atoms with van der Waals surface area (Å²) in [5, 5.41) is 4.20. The maximum absolute atomic E-state index is 12.4. The number of aromatic nitrogens is 3. The van der Waals surface area contributed by atoms with Gasteiger partial charge in [-0.2, -0.15) is 0 Å². The molecule has 0 saturated carbocycles. The summed E-state index contributed by atoms with van der Waals surface area (Å²) >= 11 is 0. The van der Waals surface area contributed by atoms with Gasteiger partial charge in [-0.05, 0) is 25.5 Å². The van der Waals surface area contributed by atoms with Crippen molar-refractivity contribution in [3.05, 3.63) is 34.9 Å². The van der Waals surface area contributed by atoms with Gasteiger partial charge >= 0.3 is 5.69 Å². The Balaban J connectivity index is 1.73. The van der Waals surface area contributed by atoms with Crippen LogP contribution in [-0.2, 0) is 16.1 Å². The van der Waals surface area contributed by atoms with E-state index in [1.165, 1.54) is 9.08 Å². The van der Waals surface area contributed by atoms with Gasteiger partial charge in [0.2, 0.25) is 5.91 Å². The Labute approximate surface area is 128 Å². The Hall–Kier alpha value is -2.15. The molecule has 3 rings (SSSR count). The molecule has 0 N–H and O–H groups in total. The lowest BCUT2D eigenvalue weighted by Gasteiger charge is -2.23. The number of likely N-dealkylation sites (N-methyl/N-ethyl adjacent to an activating group) is 1. The van der Waals surface area contributed by atoms with Gasteiger partial charge in [0, 0.05) is 31.8 Å². The van der Waals surface area contributed by atoms with Crippen molar-refractivity contribution in [2.75, 3.05) is 26.3 Å². The monoisotopic (exact) mass is 304 g/mol. The molecule has 7 nitrogen and oxygen atoms in total. The fourth-order valence-electron chi connectivity index (χ4n) is 2.75. The standard InChI is InChI=1S/C15H20N4O3/c1-2-17(9-12-6-8-22-11-12)14(20)10-19-15(21)18-7-4-3-5-13(18)16-19/h3-5,7,12H,2,6,8-11H2,1H3/t12-/m1/s1. The van der Waals surface area contributed by atoms with Crippen molar-refractivity contribution in [2.24, 2.45) is 5.92 Å². The predicted octanol–water partition coefficient (Wildman–Crippen LogP) is 0.381. The molecule has 2 aromatic rings. The minimum absolute atomic E-state index is 0.0259. The average Bonchev–Trinajstić information content (AvgIpc) is 3.14. The third-order valence-electron chi connectivity index (χ3n) is 4.01. The SMILES string of the molecule is CCN(C[C@H]1CCOC1)C(=O)Cn1nc2ccccn2c1=O. The third-order valence-corrected chi connectivity index (χ3v) is 4.01. The molecule has 3 heterocycles. The smallest absolute Gasteiger partial charge is 0.350 e. The number of carbonyl (C=O) groups excluding carboxylic acids is 1. The van der Waals surface area contributed by atoms with Crippen LogP contribution in [0.5, 0.6) is 0 Å². The topological polar surface area (TPSA) is 68.8 Å². The highest BCUT2D eigenvalue weighted by molar-refractivity contribution is 5.75. The summed E-state index contributed by atoms with van der Waals surface area (Å²) in [6.45, 7) is 4.69. The number of hydrogen-bond acceptors (Lipinski definition) is 4. The minimum atomic E-state index is -0.288. The van der Waals surface area contributed by atoms with Gasteiger partial charge in [0.15, 0.2) is 5.65 Å². The van der Waals surface area contributed by atoms with Crippen LogP contribution in [0.25, 0.3) is 5.65 Å². The maximum Gasteiger partial charge on any atom is 0.350 e. The summed E-state index contributed by atoms with van der Waals surface area (Å²) < 4.78 is 8.02. The molecule has 1 amide bonds. The minimum Gasteiger partial charge on any atom is -0.381 e. The number of pyridine rings is 1. The number of hydrogen-bond donors (Lipinski definition) is 0. The number of carbonyl (C=O) groups is 1. The molecule has 7 heteroatoms. The number of ether oxygens (including phenoxy) is 1. The molecular formula is C15H20N4O3. The summed E-state index contributed by atoms with van der Waals surface area (Å²) in [5.74, 6) is 0.307. The molecule has 0 spiro atoms. The number of amides is 1. The summed E-state index contributed by atoms with van der Waals surface area (Å²) in [5.41, 5.74) is 0.261. The van der Waals surface area contributed by atoms with E-state index in [9.17, 15) is 9.59 Å². The number of nitrogens with zero attached hydrogens (tertiary/aromatic N) is 4. The lowest BCUT2D eigenvalue weighted by atomic mass is 10.1. The van der Waals surface area contributed by atoms with E-state index >= 15 is 0 Å². The highest BCUT2D eigenvalue weighted by Gasteiger charge is 2.22. The molecule has 0 aromatic carbocycles. The van der Waals surface area contributed by atoms with Gasteiger partial charge in [-0.25, -0.2) is 9.48 Å². The third kappa shape index (κ3) is 2.89. The average molecular weight is 304 g/mol. The van der Waals surface area contributed by atoms with Crippen molar-refractivity contribution in [1.82, 2.24) is 19.1 Å². The molecule has 0 radical (unpaired) electrons. The Morgan fingerprint density at radius 1 is 1.50 bits per heavy atom. The van der Waals surface area contributed by atoms with Gasteiger partial charge in [-0.15, -0.1) is 5.10 Å². The van der Waals surface area contributed by atoms with E-state index in [-0.39, 0.29) is 18.1 Å². The fourth-order valence-corrected chi connectivity index (χ4v) is 2.75. The van der Waals surface area contributed by atoms with Crippen LogP contribution in [-0.4, -0.2) is 51.3 Å². The Morgan fingerprint density at radius 2 is 2.36 bits per heavy atom. The lowest BCUT2D eigenvalue weighted by molar-refractivity contribution is -0.132. The van der Waals surface area contributed by atoms with Gasteiger partial charge in [0.25, 0.3) is 0 Å². The molecule has 1 aliphatic rings. The van der Waals surface area contributed by atoms with Crippen LogP contribution in [0.1, 0.15) is 13.3 Å². The molecule has 1 atom stereocenters. The Morgan fingerprint density at radius 3 is 3.05 bits per heavy atom. The zero-order chi connectivity index (χ0) is 15.5. The van der Waals surface area contributed by atoms with Crippen molar-refractivity contribution in [3.63, 3.8) is 0 Å². The molecule has 1 fully saturated rings. The van der Waals surface area contributed by atoms with Crippen LogP contribution in [0, 0.1) is 5.92 Å². The zero-order valence-electron chi connectivity index (χ0n) is 12.6. The van der Waals surface area contributed by atoms with Crippen LogP contribution >= 0.6 is 0 Å². The fraction of sp³-hybridized carbons (Fsp3) is 0.533. The summed E-state index contributed by atoms with van der Waals surface area (Å²) in [6.07, 6.45) is 2.64. The van der Waals surface area contributed by atoms with Crippen LogP contribution in [0.15, 0.2) is 29.2 Å².